The Morgan fingerprint density at radius 2 is 1.81 bits per heavy atom. The van der Waals surface area contributed by atoms with Gasteiger partial charge in [0.25, 0.3) is 5.91 Å². The molecule has 4 rings (SSSR count). The van der Waals surface area contributed by atoms with E-state index in [1.165, 1.54) is 30.2 Å². The minimum absolute atomic E-state index is 0.102. The molecule has 0 saturated carbocycles. The largest absolute Gasteiger partial charge is 0.573 e. The lowest BCUT2D eigenvalue weighted by Gasteiger charge is -2.11. The molecule has 0 aliphatic heterocycles. The van der Waals surface area contributed by atoms with E-state index < -0.39 is 18.0 Å². The minimum atomic E-state index is -4.80. The van der Waals surface area contributed by atoms with Crippen LogP contribution in [-0.4, -0.2) is 37.7 Å². The first-order chi connectivity index (χ1) is 17.7. The van der Waals surface area contributed by atoms with Gasteiger partial charge in [-0.1, -0.05) is 0 Å². The van der Waals surface area contributed by atoms with E-state index in [1.807, 2.05) is 0 Å². The van der Waals surface area contributed by atoms with Gasteiger partial charge in [-0.25, -0.2) is 15.0 Å². The molecule has 0 bridgehead atoms. The van der Waals surface area contributed by atoms with Crippen molar-refractivity contribution in [1.29, 1.82) is 0 Å². The summed E-state index contributed by atoms with van der Waals surface area (Å²) in [6.45, 7) is 0.102. The predicted octanol–water partition coefficient (Wildman–Crippen LogP) is 4.76. The highest BCUT2D eigenvalue weighted by atomic mass is 32.2. The van der Waals surface area contributed by atoms with Crippen LogP contribution in [0, 0.1) is 0 Å². The van der Waals surface area contributed by atoms with Gasteiger partial charge in [-0.15, -0.1) is 24.9 Å². The van der Waals surface area contributed by atoms with Gasteiger partial charge in [-0.3, -0.25) is 9.59 Å². The summed E-state index contributed by atoms with van der Waals surface area (Å²) in [6, 6.07) is 11.6. The number of nitrogens with zero attached hydrogens (tertiary/aromatic N) is 4. The molecule has 190 valence electrons. The molecule has 0 saturated heterocycles. The van der Waals surface area contributed by atoms with Gasteiger partial charge in [0.1, 0.15) is 23.1 Å². The zero-order chi connectivity index (χ0) is 26.3. The van der Waals surface area contributed by atoms with Gasteiger partial charge in [0.15, 0.2) is 0 Å². The van der Waals surface area contributed by atoms with Crippen LogP contribution in [0.2, 0.25) is 0 Å². The second-order valence-electron chi connectivity index (χ2n) is 7.50. The van der Waals surface area contributed by atoms with Crippen molar-refractivity contribution in [3.63, 3.8) is 0 Å². The highest BCUT2D eigenvalue weighted by Gasteiger charge is 2.31. The molecule has 0 aliphatic carbocycles. The number of halogens is 3. The zero-order valence-corrected chi connectivity index (χ0v) is 19.8. The number of alkyl halides is 3. The maximum absolute atomic E-state index is 12.8. The molecule has 0 aliphatic rings. The lowest BCUT2D eigenvalue weighted by Crippen LogP contribution is -2.18. The van der Waals surface area contributed by atoms with Gasteiger partial charge in [0, 0.05) is 36.2 Å². The van der Waals surface area contributed by atoms with Gasteiger partial charge in [-0.2, -0.15) is 0 Å². The van der Waals surface area contributed by atoms with Crippen LogP contribution in [0.15, 0.2) is 84.7 Å². The molecule has 1 aromatic carbocycles. The van der Waals surface area contributed by atoms with E-state index >= 15 is 0 Å². The van der Waals surface area contributed by atoms with Crippen LogP contribution in [-0.2, 0) is 17.1 Å². The fourth-order valence-electron chi connectivity index (χ4n) is 3.13. The fourth-order valence-corrected chi connectivity index (χ4v) is 4.06. The Morgan fingerprint density at radius 1 is 1.00 bits per heavy atom. The van der Waals surface area contributed by atoms with E-state index in [-0.39, 0.29) is 12.5 Å². The molecular formula is C24H19F3N6O3S. The van der Waals surface area contributed by atoms with E-state index in [4.69, 9.17) is 0 Å². The molecule has 13 heteroatoms. The van der Waals surface area contributed by atoms with Crippen LogP contribution in [0.4, 0.5) is 24.7 Å². The number of carbonyl (C=O) groups is 2. The number of hydrogen-bond acceptors (Lipinski definition) is 7. The first kappa shape index (κ1) is 25.7. The van der Waals surface area contributed by atoms with Gasteiger partial charge in [-0.05, 0) is 54.1 Å². The van der Waals surface area contributed by atoms with Crippen molar-refractivity contribution in [2.75, 3.05) is 10.6 Å². The van der Waals surface area contributed by atoms with E-state index in [2.05, 4.69) is 30.3 Å². The van der Waals surface area contributed by atoms with Crippen LogP contribution in [0.5, 0.6) is 5.75 Å². The molecule has 2 N–H and O–H groups in total. The standard InChI is InChI=1S/C24H19F3N6O3S/c25-24(26,27)36-18-5-3-17(4-6-18)31-22(35)19-2-1-8-30-23(19)37-14-16-7-9-29-20(12-16)32-21(34)13-33-11-10-28-15-33/h1-12,15H,13-14H2,(H,31,35)(H,29,32,34). The number of carbonyl (C=O) groups excluding carboxylic acids is 2. The molecule has 0 spiro atoms. The number of aromatic nitrogens is 4. The summed E-state index contributed by atoms with van der Waals surface area (Å²) in [6.07, 6.45) is 3.13. The third kappa shape index (κ3) is 7.80. The Morgan fingerprint density at radius 3 is 2.54 bits per heavy atom. The quantitative estimate of drug-likeness (QED) is 0.302. The van der Waals surface area contributed by atoms with Crippen LogP contribution in [0.1, 0.15) is 15.9 Å². The molecule has 3 aromatic heterocycles. The Kier molecular flexibility index (Phi) is 8.03. The fraction of sp³-hybridized carbons (Fsp3) is 0.125. The topological polar surface area (TPSA) is 111 Å². The number of anilines is 2. The Hall–Kier alpha value is -4.39. The molecule has 0 atom stereocenters. The smallest absolute Gasteiger partial charge is 0.406 e. The van der Waals surface area contributed by atoms with Gasteiger partial charge < -0.3 is 19.9 Å². The van der Waals surface area contributed by atoms with Gasteiger partial charge in [0.2, 0.25) is 5.91 Å². The van der Waals surface area contributed by atoms with Crippen molar-refractivity contribution in [3.05, 3.63) is 90.8 Å². The molecule has 0 fully saturated rings. The number of imidazole rings is 1. The lowest BCUT2D eigenvalue weighted by molar-refractivity contribution is -0.274. The van der Waals surface area contributed by atoms with Gasteiger partial charge in [0.05, 0.1) is 11.9 Å². The Balaban J connectivity index is 1.37. The molecule has 4 aromatic rings. The first-order valence-electron chi connectivity index (χ1n) is 10.7. The number of amides is 2. The van der Waals surface area contributed by atoms with Crippen LogP contribution in [0.25, 0.3) is 0 Å². The summed E-state index contributed by atoms with van der Waals surface area (Å²) in [5.41, 5.74) is 1.44. The molecule has 37 heavy (non-hydrogen) atoms. The number of nitrogens with one attached hydrogen (secondary N) is 2. The number of rotatable bonds is 9. The zero-order valence-electron chi connectivity index (χ0n) is 19.0. The Bertz CT molecular complexity index is 1360. The third-order valence-corrected chi connectivity index (χ3v) is 5.79. The maximum atomic E-state index is 12.8. The normalized spacial score (nSPS) is 11.1. The van der Waals surface area contributed by atoms with Crippen molar-refractivity contribution in [2.24, 2.45) is 0 Å². The summed E-state index contributed by atoms with van der Waals surface area (Å²) in [5.74, 6) is -0.287. The lowest BCUT2D eigenvalue weighted by atomic mass is 10.2. The number of benzene rings is 1. The van der Waals surface area contributed by atoms with Crippen LogP contribution < -0.4 is 15.4 Å². The number of pyridine rings is 2. The monoisotopic (exact) mass is 528 g/mol. The number of ether oxygens (including phenoxy) is 1. The van der Waals surface area contributed by atoms with E-state index in [0.29, 0.717) is 27.8 Å². The number of hydrogen-bond donors (Lipinski definition) is 2. The second-order valence-corrected chi connectivity index (χ2v) is 8.47. The van der Waals surface area contributed by atoms with Crippen LogP contribution >= 0.6 is 11.8 Å². The molecule has 2 amide bonds. The maximum Gasteiger partial charge on any atom is 0.573 e. The second kappa shape index (κ2) is 11.6. The van der Waals surface area contributed by atoms with E-state index in [1.54, 1.807) is 53.6 Å². The van der Waals surface area contributed by atoms with E-state index in [0.717, 1.165) is 17.7 Å². The SMILES string of the molecule is O=C(Cn1ccnc1)Nc1cc(CSc2ncccc2C(=O)Nc2ccc(OC(F)(F)F)cc2)ccn1. The Labute approximate surface area is 213 Å². The first-order valence-corrected chi connectivity index (χ1v) is 11.7. The summed E-state index contributed by atoms with van der Waals surface area (Å²) < 4.78 is 42.5. The van der Waals surface area contributed by atoms with Crippen LogP contribution in [0.3, 0.4) is 0 Å². The predicted molar refractivity (Wildman–Crippen MR) is 130 cm³/mol. The molecule has 0 radical (unpaired) electrons. The molecule has 0 unspecified atom stereocenters. The highest BCUT2D eigenvalue weighted by Crippen LogP contribution is 2.27. The minimum Gasteiger partial charge on any atom is -0.406 e. The summed E-state index contributed by atoms with van der Waals surface area (Å²) >= 11 is 1.31. The van der Waals surface area contributed by atoms with Crippen molar-refractivity contribution in [3.8, 4) is 5.75 Å². The molecule has 3 heterocycles. The summed E-state index contributed by atoms with van der Waals surface area (Å²) in [5, 5.41) is 5.83. The van der Waals surface area contributed by atoms with Crippen molar-refractivity contribution >= 4 is 35.1 Å². The average molecular weight is 529 g/mol. The van der Waals surface area contributed by atoms with Crippen molar-refractivity contribution < 1.29 is 27.5 Å². The number of thioether (sulfide) groups is 1. The summed E-state index contributed by atoms with van der Waals surface area (Å²) in [4.78, 5) is 37.4. The summed E-state index contributed by atoms with van der Waals surface area (Å²) in [7, 11) is 0. The average Bonchev–Trinajstić information content (AvgIpc) is 3.36. The van der Waals surface area contributed by atoms with E-state index in [9.17, 15) is 22.8 Å². The van der Waals surface area contributed by atoms with Crippen molar-refractivity contribution in [1.82, 2.24) is 19.5 Å². The van der Waals surface area contributed by atoms with Crippen molar-refractivity contribution in [2.45, 2.75) is 23.7 Å². The van der Waals surface area contributed by atoms with Gasteiger partial charge >= 0.3 is 6.36 Å². The molecular weight excluding hydrogens is 509 g/mol. The molecule has 9 nitrogen and oxygen atoms in total. The third-order valence-electron chi connectivity index (χ3n) is 4.71. The highest BCUT2D eigenvalue weighted by molar-refractivity contribution is 7.98.